The van der Waals surface area contributed by atoms with Gasteiger partial charge in [-0.05, 0) is 49.5 Å². The first-order valence-electron chi connectivity index (χ1n) is 8.43. The molecule has 0 bridgehead atoms. The van der Waals surface area contributed by atoms with Crippen LogP contribution in [0.25, 0.3) is 0 Å². The number of hydrogen-bond donors (Lipinski definition) is 0. The summed E-state index contributed by atoms with van der Waals surface area (Å²) < 4.78 is 24.5. The second kappa shape index (κ2) is 8.97. The molecular formula is C21H21FN2O2. The second-order valence-corrected chi connectivity index (χ2v) is 5.94. The molecule has 4 nitrogen and oxygen atoms in total. The van der Waals surface area contributed by atoms with Crippen LogP contribution in [-0.2, 0) is 6.54 Å². The fraction of sp³-hybridized carbons (Fsp3) is 0.190. The molecule has 26 heavy (non-hydrogen) atoms. The Bertz CT molecular complexity index is 810. The van der Waals surface area contributed by atoms with Crippen LogP contribution in [-0.4, -0.2) is 30.1 Å². The molecule has 0 unspecified atom stereocenters. The zero-order valence-electron chi connectivity index (χ0n) is 14.6. The molecule has 0 aliphatic carbocycles. The highest BCUT2D eigenvalue weighted by Crippen LogP contribution is 2.25. The van der Waals surface area contributed by atoms with Gasteiger partial charge in [0.25, 0.3) is 0 Å². The molecule has 3 aromatic rings. The van der Waals surface area contributed by atoms with Gasteiger partial charge in [0.15, 0.2) is 0 Å². The Morgan fingerprint density at radius 3 is 2.54 bits per heavy atom. The van der Waals surface area contributed by atoms with Crippen molar-refractivity contribution in [3.63, 3.8) is 0 Å². The average Bonchev–Trinajstić information content (AvgIpc) is 2.66. The number of nitrogens with zero attached hydrogens (tertiary/aromatic N) is 2. The van der Waals surface area contributed by atoms with Crippen molar-refractivity contribution in [3.8, 4) is 17.2 Å². The standard InChI is InChI=1S/C21H21FN2O2/c1-24(13-14-25-19-10-8-18(22)9-11-19)16-17-5-2-3-7-21(17)26-20-6-4-12-23-15-20/h2-12,15H,13-14,16H2,1H3. The Morgan fingerprint density at radius 2 is 1.77 bits per heavy atom. The number of halogens is 1. The second-order valence-electron chi connectivity index (χ2n) is 5.94. The lowest BCUT2D eigenvalue weighted by atomic mass is 10.2. The summed E-state index contributed by atoms with van der Waals surface area (Å²) in [7, 11) is 2.02. The lowest BCUT2D eigenvalue weighted by Crippen LogP contribution is -2.24. The van der Waals surface area contributed by atoms with E-state index in [4.69, 9.17) is 9.47 Å². The minimum atomic E-state index is -0.264. The van der Waals surface area contributed by atoms with Crippen molar-refractivity contribution >= 4 is 0 Å². The highest BCUT2D eigenvalue weighted by atomic mass is 19.1. The number of hydrogen-bond acceptors (Lipinski definition) is 4. The summed E-state index contributed by atoms with van der Waals surface area (Å²) in [5.41, 5.74) is 1.08. The molecule has 5 heteroatoms. The molecule has 0 aliphatic rings. The summed E-state index contributed by atoms with van der Waals surface area (Å²) in [6.07, 6.45) is 3.41. The van der Waals surface area contributed by atoms with Crippen molar-refractivity contribution < 1.29 is 13.9 Å². The highest BCUT2D eigenvalue weighted by Gasteiger charge is 2.08. The molecule has 1 heterocycles. The van der Waals surface area contributed by atoms with Crippen molar-refractivity contribution in [2.45, 2.75) is 6.54 Å². The summed E-state index contributed by atoms with van der Waals surface area (Å²) in [5.74, 6) is 1.92. The number of rotatable bonds is 8. The van der Waals surface area contributed by atoms with E-state index in [1.807, 2.05) is 43.4 Å². The minimum Gasteiger partial charge on any atom is -0.492 e. The first-order chi connectivity index (χ1) is 12.7. The maximum Gasteiger partial charge on any atom is 0.145 e. The Hall–Kier alpha value is -2.92. The molecule has 2 aromatic carbocycles. The smallest absolute Gasteiger partial charge is 0.145 e. The van der Waals surface area contributed by atoms with Crippen molar-refractivity contribution in [2.75, 3.05) is 20.2 Å². The number of aromatic nitrogens is 1. The van der Waals surface area contributed by atoms with E-state index in [-0.39, 0.29) is 5.82 Å². The summed E-state index contributed by atoms with van der Waals surface area (Å²) in [6.45, 7) is 1.98. The van der Waals surface area contributed by atoms with E-state index in [1.165, 1.54) is 12.1 Å². The van der Waals surface area contributed by atoms with Crippen LogP contribution in [0.1, 0.15) is 5.56 Å². The van der Waals surface area contributed by atoms with Crippen molar-refractivity contribution in [3.05, 3.63) is 84.4 Å². The van der Waals surface area contributed by atoms with Crippen LogP contribution in [0.5, 0.6) is 17.2 Å². The van der Waals surface area contributed by atoms with Gasteiger partial charge in [-0.25, -0.2) is 4.39 Å². The third kappa shape index (κ3) is 5.29. The summed E-state index contributed by atoms with van der Waals surface area (Å²) in [4.78, 5) is 6.22. The molecule has 0 spiro atoms. The normalized spacial score (nSPS) is 10.7. The van der Waals surface area contributed by atoms with Crippen LogP contribution in [0.4, 0.5) is 4.39 Å². The minimum absolute atomic E-state index is 0.264. The van der Waals surface area contributed by atoms with Crippen molar-refractivity contribution in [1.29, 1.82) is 0 Å². The summed E-state index contributed by atoms with van der Waals surface area (Å²) in [5, 5.41) is 0. The molecule has 0 N–H and O–H groups in total. The molecule has 1 aromatic heterocycles. The lowest BCUT2D eigenvalue weighted by molar-refractivity contribution is 0.231. The topological polar surface area (TPSA) is 34.6 Å². The molecule has 0 radical (unpaired) electrons. The highest BCUT2D eigenvalue weighted by molar-refractivity contribution is 5.37. The van der Waals surface area contributed by atoms with Gasteiger partial charge in [-0.3, -0.25) is 9.88 Å². The molecule has 0 amide bonds. The molecule has 3 rings (SSSR count). The zero-order chi connectivity index (χ0) is 18.2. The number of ether oxygens (including phenoxy) is 2. The Labute approximate surface area is 152 Å². The van der Waals surface area contributed by atoms with Crippen molar-refractivity contribution in [1.82, 2.24) is 9.88 Å². The fourth-order valence-corrected chi connectivity index (χ4v) is 2.49. The predicted molar refractivity (Wildman–Crippen MR) is 99.0 cm³/mol. The molecule has 0 atom stereocenters. The van der Waals surface area contributed by atoms with E-state index in [9.17, 15) is 4.39 Å². The maximum absolute atomic E-state index is 12.9. The van der Waals surface area contributed by atoms with E-state index in [0.29, 0.717) is 18.1 Å². The predicted octanol–water partition coefficient (Wildman–Crippen LogP) is 4.52. The largest absolute Gasteiger partial charge is 0.492 e. The molecule has 0 saturated carbocycles. The van der Waals surface area contributed by atoms with Crippen LogP contribution in [0.2, 0.25) is 0 Å². The number of para-hydroxylation sites is 1. The van der Waals surface area contributed by atoms with Crippen LogP contribution in [0.15, 0.2) is 73.1 Å². The monoisotopic (exact) mass is 352 g/mol. The average molecular weight is 352 g/mol. The van der Waals surface area contributed by atoms with Crippen LogP contribution in [0.3, 0.4) is 0 Å². The van der Waals surface area contributed by atoms with Gasteiger partial charge in [0, 0.05) is 24.8 Å². The van der Waals surface area contributed by atoms with Crippen molar-refractivity contribution in [2.24, 2.45) is 0 Å². The van der Waals surface area contributed by atoms with Gasteiger partial charge in [0.05, 0.1) is 6.20 Å². The first kappa shape index (κ1) is 17.9. The molecule has 0 aliphatic heterocycles. The SMILES string of the molecule is CN(CCOc1ccc(F)cc1)Cc1ccccc1Oc1cccnc1. The van der Waals surface area contributed by atoms with Gasteiger partial charge < -0.3 is 9.47 Å². The lowest BCUT2D eigenvalue weighted by Gasteiger charge is -2.19. The van der Waals surface area contributed by atoms with E-state index in [1.54, 1.807) is 24.5 Å². The Balaban J connectivity index is 1.54. The molecule has 0 fully saturated rings. The third-order valence-corrected chi connectivity index (χ3v) is 3.83. The van der Waals surface area contributed by atoms with Gasteiger partial charge in [0.1, 0.15) is 29.7 Å². The van der Waals surface area contributed by atoms with Gasteiger partial charge in [-0.1, -0.05) is 18.2 Å². The van der Waals surface area contributed by atoms with Crippen LogP contribution < -0.4 is 9.47 Å². The quantitative estimate of drug-likeness (QED) is 0.597. The number of benzene rings is 2. The summed E-state index contributed by atoms with van der Waals surface area (Å²) in [6, 6.07) is 17.7. The van der Waals surface area contributed by atoms with Gasteiger partial charge in [-0.15, -0.1) is 0 Å². The zero-order valence-corrected chi connectivity index (χ0v) is 14.6. The number of likely N-dealkylation sites (N-methyl/N-ethyl adjacent to an activating group) is 1. The number of pyridine rings is 1. The van der Waals surface area contributed by atoms with Gasteiger partial charge in [0.2, 0.25) is 0 Å². The van der Waals surface area contributed by atoms with E-state index in [0.717, 1.165) is 24.4 Å². The third-order valence-electron chi connectivity index (χ3n) is 3.83. The fourth-order valence-electron chi connectivity index (χ4n) is 2.49. The molecule has 0 saturated heterocycles. The van der Waals surface area contributed by atoms with E-state index < -0.39 is 0 Å². The maximum atomic E-state index is 12.9. The Kier molecular flexibility index (Phi) is 6.17. The Morgan fingerprint density at radius 1 is 0.962 bits per heavy atom. The molecular weight excluding hydrogens is 331 g/mol. The van der Waals surface area contributed by atoms with Gasteiger partial charge in [-0.2, -0.15) is 0 Å². The molecule has 134 valence electrons. The first-order valence-corrected chi connectivity index (χ1v) is 8.43. The summed E-state index contributed by atoms with van der Waals surface area (Å²) >= 11 is 0. The van der Waals surface area contributed by atoms with Crippen LogP contribution >= 0.6 is 0 Å². The van der Waals surface area contributed by atoms with Crippen LogP contribution in [0, 0.1) is 5.82 Å². The van der Waals surface area contributed by atoms with Gasteiger partial charge >= 0.3 is 0 Å². The van der Waals surface area contributed by atoms with E-state index >= 15 is 0 Å². The van der Waals surface area contributed by atoms with E-state index in [2.05, 4.69) is 9.88 Å².